The standard InChI is InChI=1S/C48H35N3O2/c1-30-36(39-19-9-11-21-41(39)52-30)17-7-6-14-32-26-28-43-45(40-20-10-12-22-42(40)53-43)44(32)48-50-46(33-15-3-2-4-16-33)49-47(51-48)35-25-27-38-34(29-35)24-23-31-13-5-8-18-37(31)38/h3,5-7,9-13,15-17,19-29H,1-2,4,8,14,18H2/b7-6-,36-17+. The van der Waals surface area contributed by atoms with Crippen molar-refractivity contribution in [1.82, 2.24) is 15.0 Å². The predicted molar refractivity (Wildman–Crippen MR) is 217 cm³/mol. The van der Waals surface area contributed by atoms with Crippen LogP contribution in [0.4, 0.5) is 0 Å². The lowest BCUT2D eigenvalue weighted by molar-refractivity contribution is 0.577. The lowest BCUT2D eigenvalue weighted by Crippen LogP contribution is -2.17. The van der Waals surface area contributed by atoms with E-state index in [1.54, 1.807) is 0 Å². The van der Waals surface area contributed by atoms with Crippen LogP contribution in [-0.4, -0.2) is 15.0 Å². The molecule has 5 nitrogen and oxygen atoms in total. The number of benzene rings is 5. The monoisotopic (exact) mass is 685 g/mol. The van der Waals surface area contributed by atoms with E-state index < -0.39 is 0 Å². The van der Waals surface area contributed by atoms with Gasteiger partial charge in [0.05, 0.1) is 0 Å². The third-order valence-electron chi connectivity index (χ3n) is 10.5. The molecule has 3 heterocycles. The topological polar surface area (TPSA) is 65.0 Å². The highest BCUT2D eigenvalue weighted by molar-refractivity contribution is 6.12. The molecule has 0 saturated carbocycles. The number of allylic oxidation sites excluding steroid dienone is 7. The molecule has 254 valence electrons. The van der Waals surface area contributed by atoms with Crippen molar-refractivity contribution in [1.29, 1.82) is 0 Å². The van der Waals surface area contributed by atoms with Crippen molar-refractivity contribution in [2.45, 2.75) is 32.1 Å². The van der Waals surface area contributed by atoms with E-state index in [-0.39, 0.29) is 0 Å². The van der Waals surface area contributed by atoms with Gasteiger partial charge in [0.25, 0.3) is 0 Å². The van der Waals surface area contributed by atoms with Gasteiger partial charge in [-0.3, -0.25) is 0 Å². The van der Waals surface area contributed by atoms with Crippen molar-refractivity contribution in [2.75, 3.05) is 0 Å². The minimum absolute atomic E-state index is 0.631. The van der Waals surface area contributed by atoms with Gasteiger partial charge in [-0.15, -0.1) is 0 Å². The first kappa shape index (κ1) is 31.2. The summed E-state index contributed by atoms with van der Waals surface area (Å²) >= 11 is 0. The minimum atomic E-state index is 0.631. The molecule has 5 aromatic carbocycles. The summed E-state index contributed by atoms with van der Waals surface area (Å²) in [5.41, 5.74) is 9.87. The van der Waals surface area contributed by atoms with Gasteiger partial charge in [0.2, 0.25) is 0 Å². The van der Waals surface area contributed by atoms with Crippen LogP contribution in [0.3, 0.4) is 0 Å². The molecule has 0 bridgehead atoms. The fourth-order valence-electron chi connectivity index (χ4n) is 7.89. The van der Waals surface area contributed by atoms with E-state index in [4.69, 9.17) is 23.8 Å². The van der Waals surface area contributed by atoms with Crippen LogP contribution in [0.15, 0.2) is 136 Å². The highest BCUT2D eigenvalue weighted by atomic mass is 16.3. The normalized spacial score (nSPS) is 14.6. The van der Waals surface area contributed by atoms with Crippen molar-refractivity contribution in [3.05, 3.63) is 161 Å². The van der Waals surface area contributed by atoms with E-state index in [2.05, 4.69) is 116 Å². The predicted octanol–water partition coefficient (Wildman–Crippen LogP) is 10.7. The van der Waals surface area contributed by atoms with Crippen LogP contribution >= 0.6 is 0 Å². The van der Waals surface area contributed by atoms with Crippen LogP contribution in [0.25, 0.3) is 90.8 Å². The van der Waals surface area contributed by atoms with Gasteiger partial charge < -0.3 is 8.83 Å². The summed E-state index contributed by atoms with van der Waals surface area (Å²) in [6, 6.07) is 31.5. The maximum atomic E-state index is 6.41. The fraction of sp³-hybridized carbons (Fsp3) is 0.104. The summed E-state index contributed by atoms with van der Waals surface area (Å²) in [4.78, 5) is 15.7. The van der Waals surface area contributed by atoms with E-state index in [9.17, 15) is 0 Å². The van der Waals surface area contributed by atoms with Gasteiger partial charge in [0, 0.05) is 38.1 Å². The van der Waals surface area contributed by atoms with Crippen molar-refractivity contribution >= 4 is 68.0 Å². The Kier molecular flexibility index (Phi) is 7.57. The Labute approximate surface area is 306 Å². The van der Waals surface area contributed by atoms with E-state index >= 15 is 0 Å². The average Bonchev–Trinajstić information content (AvgIpc) is 3.75. The molecule has 0 spiro atoms. The van der Waals surface area contributed by atoms with Gasteiger partial charge in [-0.2, -0.15) is 0 Å². The number of hydrogen-bond acceptors (Lipinski definition) is 5. The van der Waals surface area contributed by atoms with Crippen LogP contribution in [-0.2, 0) is 12.8 Å². The Morgan fingerprint density at radius 2 is 1.49 bits per heavy atom. The second-order valence-corrected chi connectivity index (χ2v) is 13.8. The zero-order chi connectivity index (χ0) is 35.3. The van der Waals surface area contributed by atoms with Gasteiger partial charge in [0.15, 0.2) is 17.5 Å². The summed E-state index contributed by atoms with van der Waals surface area (Å²) in [5.74, 6) is 1.95. The zero-order valence-corrected chi connectivity index (χ0v) is 29.2. The SMILES string of the molecule is C=c1oc2ccccc2/c1=C/C=C\Cc1ccc2oc3ccccc3c2c1-c1nc(C2=CCCC=C2)nc(-c2ccc3c4c(ccc3c2)C=CCC4)n1. The molecule has 2 aliphatic carbocycles. The number of para-hydroxylation sites is 2. The van der Waals surface area contributed by atoms with E-state index in [0.717, 1.165) is 86.1 Å². The van der Waals surface area contributed by atoms with Crippen LogP contribution in [0.2, 0.25) is 0 Å². The molecule has 0 amide bonds. The molecular formula is C48H35N3O2. The first-order chi connectivity index (χ1) is 26.2. The van der Waals surface area contributed by atoms with Crippen LogP contribution in [0.1, 0.15) is 41.8 Å². The lowest BCUT2D eigenvalue weighted by atomic mass is 9.91. The molecule has 0 aliphatic heterocycles. The molecule has 0 unspecified atom stereocenters. The molecular weight excluding hydrogens is 651 g/mol. The number of fused-ring (bicyclic) bond motifs is 7. The molecule has 8 aromatic rings. The molecule has 5 heteroatoms. The molecule has 3 aromatic heterocycles. The van der Waals surface area contributed by atoms with Crippen LogP contribution < -0.4 is 10.6 Å². The number of aryl methyl sites for hydroxylation is 1. The van der Waals surface area contributed by atoms with Gasteiger partial charge >= 0.3 is 0 Å². The third kappa shape index (κ3) is 5.53. The van der Waals surface area contributed by atoms with E-state index in [1.807, 2.05) is 30.3 Å². The summed E-state index contributed by atoms with van der Waals surface area (Å²) in [6.45, 7) is 4.14. The largest absolute Gasteiger partial charge is 0.457 e. The van der Waals surface area contributed by atoms with Crippen LogP contribution in [0.5, 0.6) is 0 Å². The summed E-state index contributed by atoms with van der Waals surface area (Å²) in [5, 5.41) is 6.56. The maximum absolute atomic E-state index is 6.41. The zero-order valence-electron chi connectivity index (χ0n) is 29.2. The molecule has 0 fully saturated rings. The van der Waals surface area contributed by atoms with Crippen molar-refractivity contribution in [2.24, 2.45) is 0 Å². The Bertz CT molecular complexity index is 3010. The maximum Gasteiger partial charge on any atom is 0.165 e. The number of rotatable bonds is 6. The first-order valence-corrected chi connectivity index (χ1v) is 18.3. The number of furan rings is 2. The quantitative estimate of drug-likeness (QED) is 0.174. The molecule has 0 atom stereocenters. The summed E-state index contributed by atoms with van der Waals surface area (Å²) in [7, 11) is 0. The highest BCUT2D eigenvalue weighted by Gasteiger charge is 2.21. The van der Waals surface area contributed by atoms with E-state index in [1.165, 1.54) is 21.9 Å². The second kappa shape index (κ2) is 12.9. The van der Waals surface area contributed by atoms with Gasteiger partial charge in [-0.1, -0.05) is 122 Å². The molecule has 2 aliphatic rings. The third-order valence-corrected chi connectivity index (χ3v) is 10.5. The van der Waals surface area contributed by atoms with Crippen molar-refractivity contribution in [3.8, 4) is 22.8 Å². The lowest BCUT2D eigenvalue weighted by Gasteiger charge is -2.15. The Morgan fingerprint density at radius 1 is 0.679 bits per heavy atom. The Morgan fingerprint density at radius 3 is 2.38 bits per heavy atom. The Balaban J connectivity index is 1.16. The second-order valence-electron chi connectivity index (χ2n) is 13.8. The molecule has 53 heavy (non-hydrogen) atoms. The highest BCUT2D eigenvalue weighted by Crippen LogP contribution is 2.39. The summed E-state index contributed by atoms with van der Waals surface area (Å²) < 4.78 is 12.3. The van der Waals surface area contributed by atoms with Gasteiger partial charge in [-0.25, -0.2) is 15.0 Å². The molecule has 10 rings (SSSR count). The number of nitrogens with zero attached hydrogens (tertiary/aromatic N) is 3. The molecule has 0 saturated heterocycles. The number of hydrogen-bond donors (Lipinski definition) is 0. The van der Waals surface area contributed by atoms with Gasteiger partial charge in [0.1, 0.15) is 22.2 Å². The van der Waals surface area contributed by atoms with Gasteiger partial charge in [-0.05, 0) is 83.8 Å². The van der Waals surface area contributed by atoms with Crippen LogP contribution in [0, 0.1) is 0 Å². The molecule has 0 radical (unpaired) electrons. The minimum Gasteiger partial charge on any atom is -0.457 e. The van der Waals surface area contributed by atoms with Crippen molar-refractivity contribution in [3.63, 3.8) is 0 Å². The summed E-state index contributed by atoms with van der Waals surface area (Å²) in [6.07, 6.45) is 22.1. The van der Waals surface area contributed by atoms with E-state index in [0.29, 0.717) is 29.3 Å². The molecule has 0 N–H and O–H groups in total. The Hall–Kier alpha value is -6.59. The average molecular weight is 686 g/mol. The number of aromatic nitrogens is 3. The smallest absolute Gasteiger partial charge is 0.165 e. The first-order valence-electron chi connectivity index (χ1n) is 18.3. The fourth-order valence-corrected chi connectivity index (χ4v) is 7.89. The van der Waals surface area contributed by atoms with Crippen molar-refractivity contribution < 1.29 is 8.83 Å².